The Hall–Kier alpha value is -2.26. The van der Waals surface area contributed by atoms with Gasteiger partial charge < -0.3 is 10.2 Å². The van der Waals surface area contributed by atoms with E-state index in [0.29, 0.717) is 41.8 Å². The molecule has 3 aromatic rings. The summed E-state index contributed by atoms with van der Waals surface area (Å²) >= 11 is 9.12. The highest BCUT2D eigenvalue weighted by molar-refractivity contribution is 7.21. The molecule has 29 heavy (non-hydrogen) atoms. The highest BCUT2D eigenvalue weighted by Crippen LogP contribution is 2.29. The number of benzene rings is 1. The van der Waals surface area contributed by atoms with Crippen LogP contribution in [-0.2, 0) is 4.79 Å². The Balaban J connectivity index is 1.28. The highest BCUT2D eigenvalue weighted by atomic mass is 35.5. The Morgan fingerprint density at radius 3 is 2.62 bits per heavy atom. The van der Waals surface area contributed by atoms with Crippen LogP contribution in [0.4, 0.5) is 5.69 Å². The predicted molar refractivity (Wildman–Crippen MR) is 118 cm³/mol. The van der Waals surface area contributed by atoms with Crippen LogP contribution in [0, 0.1) is 0 Å². The van der Waals surface area contributed by atoms with Crippen LogP contribution in [0.5, 0.6) is 0 Å². The summed E-state index contributed by atoms with van der Waals surface area (Å²) in [4.78, 5) is 35.0. The van der Waals surface area contributed by atoms with E-state index >= 15 is 0 Å². The van der Waals surface area contributed by atoms with E-state index in [0.717, 1.165) is 9.88 Å². The summed E-state index contributed by atoms with van der Waals surface area (Å²) in [6, 6.07) is 11.1. The topological polar surface area (TPSA) is 65.5 Å². The maximum absolute atomic E-state index is 12.8. The SMILES string of the molecule is O=C(CN1CCN(C(=O)c2cnc(-c3cccs3)s2)CC1)Nc1ccccc1Cl. The first-order chi connectivity index (χ1) is 14.1. The molecule has 1 aliphatic rings. The van der Waals surface area contributed by atoms with Crippen molar-refractivity contribution >= 4 is 51.8 Å². The molecule has 0 spiro atoms. The van der Waals surface area contributed by atoms with Crippen LogP contribution in [0.3, 0.4) is 0 Å². The maximum Gasteiger partial charge on any atom is 0.265 e. The van der Waals surface area contributed by atoms with Crippen LogP contribution >= 0.6 is 34.3 Å². The molecule has 0 atom stereocenters. The monoisotopic (exact) mass is 446 g/mol. The van der Waals surface area contributed by atoms with Gasteiger partial charge in [0.25, 0.3) is 5.91 Å². The summed E-state index contributed by atoms with van der Waals surface area (Å²) in [6.45, 7) is 2.75. The summed E-state index contributed by atoms with van der Waals surface area (Å²) in [5, 5.41) is 6.22. The van der Waals surface area contributed by atoms with E-state index in [-0.39, 0.29) is 18.4 Å². The van der Waals surface area contributed by atoms with E-state index in [4.69, 9.17) is 11.6 Å². The van der Waals surface area contributed by atoms with E-state index in [1.54, 1.807) is 29.7 Å². The van der Waals surface area contributed by atoms with Gasteiger partial charge >= 0.3 is 0 Å². The van der Waals surface area contributed by atoms with Gasteiger partial charge in [-0.2, -0.15) is 0 Å². The van der Waals surface area contributed by atoms with Gasteiger partial charge in [0.1, 0.15) is 9.88 Å². The first-order valence-corrected chi connectivity index (χ1v) is 11.2. The number of halogens is 1. The quantitative estimate of drug-likeness (QED) is 0.645. The second-order valence-corrected chi connectivity index (χ2v) is 8.99. The average Bonchev–Trinajstić information content (AvgIpc) is 3.41. The van der Waals surface area contributed by atoms with E-state index in [9.17, 15) is 9.59 Å². The van der Waals surface area contributed by atoms with Crippen molar-refractivity contribution in [1.29, 1.82) is 0 Å². The van der Waals surface area contributed by atoms with Gasteiger partial charge in [0, 0.05) is 26.2 Å². The van der Waals surface area contributed by atoms with Gasteiger partial charge in [0.05, 0.1) is 28.3 Å². The van der Waals surface area contributed by atoms with Crippen molar-refractivity contribution in [2.24, 2.45) is 0 Å². The zero-order valence-electron chi connectivity index (χ0n) is 15.5. The third kappa shape index (κ3) is 4.84. The highest BCUT2D eigenvalue weighted by Gasteiger charge is 2.25. The number of anilines is 1. The lowest BCUT2D eigenvalue weighted by atomic mass is 10.3. The van der Waals surface area contributed by atoms with Crippen molar-refractivity contribution < 1.29 is 9.59 Å². The molecule has 1 saturated heterocycles. The minimum atomic E-state index is -0.110. The first-order valence-electron chi connectivity index (χ1n) is 9.16. The van der Waals surface area contributed by atoms with E-state index < -0.39 is 0 Å². The molecule has 1 aromatic carbocycles. The first kappa shape index (κ1) is 20.0. The standard InChI is InChI=1S/C20H19ClN4O2S2/c21-14-4-1-2-5-15(14)23-18(26)13-24-7-9-25(10-8-24)20(27)17-12-22-19(29-17)16-6-3-11-28-16/h1-6,11-12H,7-10,13H2,(H,23,26). The third-order valence-electron chi connectivity index (χ3n) is 4.62. The van der Waals surface area contributed by atoms with Crippen molar-refractivity contribution in [3.8, 4) is 9.88 Å². The van der Waals surface area contributed by atoms with Crippen LogP contribution in [0.25, 0.3) is 9.88 Å². The number of piperazine rings is 1. The van der Waals surface area contributed by atoms with Gasteiger partial charge in [-0.3, -0.25) is 14.5 Å². The van der Waals surface area contributed by atoms with Gasteiger partial charge in [-0.1, -0.05) is 29.8 Å². The number of carbonyl (C=O) groups is 2. The Morgan fingerprint density at radius 2 is 1.90 bits per heavy atom. The maximum atomic E-state index is 12.8. The second kappa shape index (κ2) is 9.04. The van der Waals surface area contributed by atoms with Gasteiger partial charge in [-0.25, -0.2) is 4.98 Å². The molecule has 0 unspecified atom stereocenters. The molecule has 1 N–H and O–H groups in total. The average molecular weight is 447 g/mol. The number of hydrogen-bond acceptors (Lipinski definition) is 6. The van der Waals surface area contributed by atoms with E-state index in [1.165, 1.54) is 11.3 Å². The molecule has 2 amide bonds. The number of nitrogens with zero attached hydrogens (tertiary/aromatic N) is 3. The van der Waals surface area contributed by atoms with Crippen molar-refractivity contribution in [2.45, 2.75) is 0 Å². The second-order valence-electron chi connectivity index (χ2n) is 6.60. The molecule has 0 radical (unpaired) electrons. The fourth-order valence-electron chi connectivity index (χ4n) is 3.11. The van der Waals surface area contributed by atoms with Crippen LogP contribution < -0.4 is 5.32 Å². The number of nitrogens with one attached hydrogen (secondary N) is 1. The lowest BCUT2D eigenvalue weighted by Gasteiger charge is -2.34. The van der Waals surface area contributed by atoms with E-state index in [1.807, 2.05) is 39.4 Å². The lowest BCUT2D eigenvalue weighted by Crippen LogP contribution is -2.50. The Morgan fingerprint density at radius 1 is 1.10 bits per heavy atom. The Labute approximate surface area is 181 Å². The van der Waals surface area contributed by atoms with Crippen molar-refractivity contribution in [3.63, 3.8) is 0 Å². The molecule has 150 valence electrons. The van der Waals surface area contributed by atoms with Gasteiger partial charge in [-0.15, -0.1) is 22.7 Å². The molecule has 3 heterocycles. The Bertz CT molecular complexity index is 998. The number of para-hydroxylation sites is 1. The fourth-order valence-corrected chi connectivity index (χ4v) is 4.98. The molecule has 4 rings (SSSR count). The fraction of sp³-hybridized carbons (Fsp3) is 0.250. The molecule has 0 saturated carbocycles. The number of thiophene rings is 1. The number of carbonyl (C=O) groups excluding carboxylic acids is 2. The van der Waals surface area contributed by atoms with Crippen LogP contribution in [0.1, 0.15) is 9.67 Å². The molecule has 0 aliphatic carbocycles. The summed E-state index contributed by atoms with van der Waals surface area (Å²) in [6.07, 6.45) is 1.66. The number of thiazole rings is 1. The summed E-state index contributed by atoms with van der Waals surface area (Å²) < 4.78 is 0. The summed E-state index contributed by atoms with van der Waals surface area (Å²) in [5.74, 6) is -0.105. The van der Waals surface area contributed by atoms with Gasteiger partial charge in [-0.05, 0) is 23.6 Å². The van der Waals surface area contributed by atoms with Gasteiger partial charge in [0.15, 0.2) is 0 Å². The molecule has 9 heteroatoms. The van der Waals surface area contributed by atoms with Crippen LogP contribution in [0.2, 0.25) is 5.02 Å². The molecule has 0 bridgehead atoms. The smallest absolute Gasteiger partial charge is 0.265 e. The number of amides is 2. The largest absolute Gasteiger partial charge is 0.335 e. The lowest BCUT2D eigenvalue weighted by molar-refractivity contribution is -0.117. The van der Waals surface area contributed by atoms with E-state index in [2.05, 4.69) is 10.3 Å². The van der Waals surface area contributed by atoms with Crippen molar-refractivity contribution in [3.05, 3.63) is 57.9 Å². The minimum Gasteiger partial charge on any atom is -0.335 e. The van der Waals surface area contributed by atoms with Gasteiger partial charge in [0.2, 0.25) is 5.91 Å². The molecule has 1 aliphatic heterocycles. The molecular weight excluding hydrogens is 428 g/mol. The third-order valence-corrected chi connectivity index (χ3v) is 6.98. The van der Waals surface area contributed by atoms with Crippen LogP contribution in [0.15, 0.2) is 48.0 Å². The number of hydrogen-bond donors (Lipinski definition) is 1. The molecular formula is C20H19ClN4O2S2. The molecule has 2 aromatic heterocycles. The minimum absolute atomic E-state index is 0.00507. The predicted octanol–water partition coefficient (Wildman–Crippen LogP) is 3.92. The number of rotatable bonds is 5. The normalized spacial score (nSPS) is 14.7. The Kier molecular flexibility index (Phi) is 6.25. The zero-order valence-corrected chi connectivity index (χ0v) is 17.9. The molecule has 1 fully saturated rings. The molecule has 6 nitrogen and oxygen atoms in total. The number of aromatic nitrogens is 1. The zero-order chi connectivity index (χ0) is 20.2. The van der Waals surface area contributed by atoms with Crippen LogP contribution in [-0.4, -0.2) is 59.3 Å². The van der Waals surface area contributed by atoms with Crippen molar-refractivity contribution in [1.82, 2.24) is 14.8 Å². The summed E-state index contributed by atoms with van der Waals surface area (Å²) in [7, 11) is 0. The van der Waals surface area contributed by atoms with Crippen molar-refractivity contribution in [2.75, 3.05) is 38.0 Å². The summed E-state index contributed by atoms with van der Waals surface area (Å²) in [5.41, 5.74) is 0.611.